The number of hydrogen-bond donors (Lipinski definition) is 4. The smallest absolute Gasteiger partial charge is 0.331 e. The molecule has 0 aliphatic heterocycles. The molecule has 0 radical (unpaired) electrons. The van der Waals surface area contributed by atoms with Gasteiger partial charge in [0.15, 0.2) is 0 Å². The van der Waals surface area contributed by atoms with Gasteiger partial charge in [-0.2, -0.15) is 0 Å². The van der Waals surface area contributed by atoms with Crippen molar-refractivity contribution in [2.75, 3.05) is 26.4 Å². The second-order valence-electron chi connectivity index (χ2n) is 3.92. The van der Waals surface area contributed by atoms with Gasteiger partial charge in [-0.1, -0.05) is 0 Å². The lowest BCUT2D eigenvalue weighted by atomic mass is 10.3. The van der Waals surface area contributed by atoms with Crippen molar-refractivity contribution in [3.8, 4) is 0 Å². The summed E-state index contributed by atoms with van der Waals surface area (Å²) in [7, 11) is 0. The molecule has 0 saturated heterocycles. The summed E-state index contributed by atoms with van der Waals surface area (Å²) in [5.41, 5.74) is 0. The molecule has 8 nitrogen and oxygen atoms in total. The molecule has 4 N–H and O–H groups in total. The predicted octanol–water partition coefficient (Wildman–Crippen LogP) is -1.88. The summed E-state index contributed by atoms with van der Waals surface area (Å²) in [6, 6.07) is 0. The zero-order valence-corrected chi connectivity index (χ0v) is 11.0. The van der Waals surface area contributed by atoms with Crippen LogP contribution >= 0.6 is 0 Å². The van der Waals surface area contributed by atoms with E-state index in [9.17, 15) is 9.59 Å². The van der Waals surface area contributed by atoms with Gasteiger partial charge in [-0.15, -0.1) is 0 Å². The van der Waals surface area contributed by atoms with E-state index < -0.39 is 37.4 Å². The first-order chi connectivity index (χ1) is 9.49. The number of hydrogen-bond acceptors (Lipinski definition) is 8. The molecule has 0 unspecified atom stereocenters. The van der Waals surface area contributed by atoms with E-state index in [4.69, 9.17) is 20.4 Å². The van der Waals surface area contributed by atoms with Crippen LogP contribution in [0.5, 0.6) is 0 Å². The van der Waals surface area contributed by atoms with Gasteiger partial charge >= 0.3 is 11.9 Å². The van der Waals surface area contributed by atoms with Crippen LogP contribution in [-0.2, 0) is 19.1 Å². The first kappa shape index (κ1) is 18.5. The van der Waals surface area contributed by atoms with E-state index in [1.54, 1.807) is 0 Å². The summed E-state index contributed by atoms with van der Waals surface area (Å²) in [6.07, 6.45) is 0.0372. The Morgan fingerprint density at radius 1 is 0.850 bits per heavy atom. The maximum atomic E-state index is 11.1. The van der Waals surface area contributed by atoms with E-state index in [2.05, 4.69) is 9.47 Å². The van der Waals surface area contributed by atoms with Crippen LogP contribution in [0.4, 0.5) is 0 Å². The Morgan fingerprint density at radius 3 is 1.50 bits per heavy atom. The van der Waals surface area contributed by atoms with Crippen molar-refractivity contribution in [1.82, 2.24) is 0 Å². The van der Waals surface area contributed by atoms with Gasteiger partial charge in [-0.05, 0) is 0 Å². The van der Waals surface area contributed by atoms with Crippen LogP contribution < -0.4 is 0 Å². The molecule has 116 valence electrons. The van der Waals surface area contributed by atoms with Crippen LogP contribution in [0.15, 0.2) is 12.2 Å². The van der Waals surface area contributed by atoms with Crippen LogP contribution in [0.25, 0.3) is 0 Å². The van der Waals surface area contributed by atoms with Crippen molar-refractivity contribution in [3.63, 3.8) is 0 Å². The maximum Gasteiger partial charge on any atom is 0.331 e. The van der Waals surface area contributed by atoms with E-state index in [-0.39, 0.29) is 26.1 Å². The normalized spacial score (nSPS) is 14.0. The SMILES string of the molecule is O=C(/C=C/C(=O)OCC[C@H](O)CO)OCC[C@H](O)CO. The van der Waals surface area contributed by atoms with Crippen molar-refractivity contribution in [2.24, 2.45) is 0 Å². The molecule has 0 saturated carbocycles. The number of aliphatic hydroxyl groups excluding tert-OH is 4. The van der Waals surface area contributed by atoms with Gasteiger partial charge in [0.05, 0.1) is 38.6 Å². The van der Waals surface area contributed by atoms with Crippen molar-refractivity contribution in [1.29, 1.82) is 0 Å². The molecule has 0 amide bonds. The summed E-state index contributed by atoms with van der Waals surface area (Å²) in [4.78, 5) is 22.2. The fourth-order valence-corrected chi connectivity index (χ4v) is 1.01. The lowest BCUT2D eigenvalue weighted by molar-refractivity contribution is -0.141. The highest BCUT2D eigenvalue weighted by Crippen LogP contribution is 1.94. The van der Waals surface area contributed by atoms with Gasteiger partial charge in [0.2, 0.25) is 0 Å². The number of ether oxygens (including phenoxy) is 2. The average molecular weight is 292 g/mol. The zero-order valence-electron chi connectivity index (χ0n) is 11.0. The summed E-state index contributed by atoms with van der Waals surface area (Å²) in [5.74, 6) is -1.55. The summed E-state index contributed by atoms with van der Waals surface area (Å²) >= 11 is 0. The fraction of sp³-hybridized carbons (Fsp3) is 0.667. The fourth-order valence-electron chi connectivity index (χ4n) is 1.01. The van der Waals surface area contributed by atoms with Crippen molar-refractivity contribution < 1.29 is 39.5 Å². The Balaban J connectivity index is 3.75. The van der Waals surface area contributed by atoms with Gasteiger partial charge in [0, 0.05) is 25.0 Å². The molecule has 0 aliphatic carbocycles. The monoisotopic (exact) mass is 292 g/mol. The molecule has 0 spiro atoms. The number of esters is 2. The van der Waals surface area contributed by atoms with Gasteiger partial charge in [-0.25, -0.2) is 9.59 Å². The largest absolute Gasteiger partial charge is 0.462 e. The highest BCUT2D eigenvalue weighted by Gasteiger charge is 2.06. The Morgan fingerprint density at radius 2 is 1.20 bits per heavy atom. The minimum Gasteiger partial charge on any atom is -0.462 e. The highest BCUT2D eigenvalue weighted by molar-refractivity contribution is 5.91. The molecule has 0 bridgehead atoms. The minimum atomic E-state index is -0.949. The highest BCUT2D eigenvalue weighted by atomic mass is 16.5. The third kappa shape index (κ3) is 10.4. The molecule has 0 aliphatic rings. The topological polar surface area (TPSA) is 134 Å². The molecule has 0 rings (SSSR count). The zero-order chi connectivity index (χ0) is 15.4. The van der Waals surface area contributed by atoms with E-state index in [1.165, 1.54) is 0 Å². The van der Waals surface area contributed by atoms with Crippen LogP contribution in [0.2, 0.25) is 0 Å². The molecule has 2 atom stereocenters. The van der Waals surface area contributed by atoms with Gasteiger partial charge in [0.25, 0.3) is 0 Å². The van der Waals surface area contributed by atoms with Crippen LogP contribution in [-0.4, -0.2) is 71.0 Å². The number of aliphatic hydroxyl groups is 4. The Bertz CT molecular complexity index is 285. The van der Waals surface area contributed by atoms with Crippen LogP contribution in [0.1, 0.15) is 12.8 Å². The number of carbonyl (C=O) groups excluding carboxylic acids is 2. The molecular weight excluding hydrogens is 272 g/mol. The summed E-state index contributed by atoms with van der Waals surface area (Å²) < 4.78 is 9.29. The van der Waals surface area contributed by atoms with Gasteiger partial charge < -0.3 is 29.9 Å². The predicted molar refractivity (Wildman–Crippen MR) is 66.5 cm³/mol. The molecule has 0 aromatic rings. The minimum absolute atomic E-state index is 0.0807. The summed E-state index contributed by atoms with van der Waals surface area (Å²) in [5, 5.41) is 35.0. The quantitative estimate of drug-likeness (QED) is 0.271. The van der Waals surface area contributed by atoms with E-state index in [1.807, 2.05) is 0 Å². The third-order valence-corrected chi connectivity index (χ3v) is 2.17. The van der Waals surface area contributed by atoms with Gasteiger partial charge in [-0.3, -0.25) is 0 Å². The van der Waals surface area contributed by atoms with Crippen molar-refractivity contribution in [2.45, 2.75) is 25.0 Å². The average Bonchev–Trinajstić information content (AvgIpc) is 2.44. The molecule has 20 heavy (non-hydrogen) atoms. The third-order valence-electron chi connectivity index (χ3n) is 2.17. The molecule has 8 heteroatoms. The Hall–Kier alpha value is -1.48. The lowest BCUT2D eigenvalue weighted by Crippen LogP contribution is -2.16. The second-order valence-corrected chi connectivity index (χ2v) is 3.92. The van der Waals surface area contributed by atoms with Crippen LogP contribution in [0, 0.1) is 0 Å². The Labute approximate surface area is 116 Å². The Kier molecular flexibility index (Phi) is 10.5. The molecule has 0 heterocycles. The number of carbonyl (C=O) groups is 2. The maximum absolute atomic E-state index is 11.1. The van der Waals surface area contributed by atoms with E-state index in [0.717, 1.165) is 12.2 Å². The first-order valence-corrected chi connectivity index (χ1v) is 6.09. The van der Waals surface area contributed by atoms with E-state index in [0.29, 0.717) is 0 Å². The molecular formula is C12H20O8. The molecule has 0 aromatic carbocycles. The standard InChI is InChI=1S/C12H20O8/c13-7-9(15)3-5-19-11(17)1-2-12(18)20-6-4-10(16)8-14/h1-2,9-10,13-16H,3-8H2/b2-1+/t9-,10-/m0/s1. The number of rotatable bonds is 10. The van der Waals surface area contributed by atoms with Crippen LogP contribution in [0.3, 0.4) is 0 Å². The van der Waals surface area contributed by atoms with Crippen molar-refractivity contribution >= 4 is 11.9 Å². The lowest BCUT2D eigenvalue weighted by Gasteiger charge is -2.07. The molecule has 0 aromatic heterocycles. The second kappa shape index (κ2) is 11.4. The first-order valence-electron chi connectivity index (χ1n) is 6.09. The van der Waals surface area contributed by atoms with Crippen molar-refractivity contribution in [3.05, 3.63) is 12.2 Å². The summed E-state index contributed by atoms with van der Waals surface area (Å²) in [6.45, 7) is -0.996. The van der Waals surface area contributed by atoms with E-state index >= 15 is 0 Å². The molecule has 0 fully saturated rings. The van der Waals surface area contributed by atoms with Gasteiger partial charge in [0.1, 0.15) is 0 Å².